The maximum Gasteiger partial charge on any atom is 0.320 e. The first-order chi connectivity index (χ1) is 12.2. The molecule has 1 aromatic rings. The van der Waals surface area contributed by atoms with Crippen molar-refractivity contribution in [2.24, 2.45) is 0 Å². The first-order valence-corrected chi connectivity index (χ1v) is 9.02. The largest absolute Gasteiger partial charge is 0.378 e. The van der Waals surface area contributed by atoms with E-state index in [1.165, 1.54) is 0 Å². The number of amides is 3. The molecule has 1 N–H and O–H groups in total. The molecule has 0 aliphatic carbocycles. The number of nitrogens with one attached hydrogen (secondary N) is 1. The second-order valence-corrected chi connectivity index (χ2v) is 6.57. The fourth-order valence-corrected chi connectivity index (χ4v) is 3.27. The lowest BCUT2D eigenvalue weighted by atomic mass is 10.0. The Morgan fingerprint density at radius 3 is 2.56 bits per heavy atom. The van der Waals surface area contributed by atoms with Crippen LogP contribution in [-0.2, 0) is 16.0 Å². The number of aromatic nitrogens is 1. The van der Waals surface area contributed by atoms with Crippen LogP contribution in [0.25, 0.3) is 0 Å². The highest BCUT2D eigenvalue weighted by molar-refractivity contribution is 5.77. The summed E-state index contributed by atoms with van der Waals surface area (Å²) in [5.41, 5.74) is 1.07. The van der Waals surface area contributed by atoms with E-state index in [1.807, 2.05) is 21.9 Å². The summed E-state index contributed by atoms with van der Waals surface area (Å²) >= 11 is 0. The monoisotopic (exact) mass is 346 g/mol. The normalized spacial score (nSPS) is 18.9. The average molecular weight is 346 g/mol. The third-order valence-corrected chi connectivity index (χ3v) is 4.78. The number of hydrogen-bond donors (Lipinski definition) is 1. The summed E-state index contributed by atoms with van der Waals surface area (Å²) in [5.74, 6) is 0.0711. The van der Waals surface area contributed by atoms with Gasteiger partial charge in [-0.25, -0.2) is 4.79 Å². The van der Waals surface area contributed by atoms with Gasteiger partial charge >= 0.3 is 6.03 Å². The molecule has 2 aliphatic rings. The molecule has 0 saturated carbocycles. The predicted octanol–water partition coefficient (Wildman–Crippen LogP) is 1.05. The van der Waals surface area contributed by atoms with E-state index in [0.29, 0.717) is 52.2 Å². The van der Waals surface area contributed by atoms with Gasteiger partial charge in [-0.1, -0.05) is 6.07 Å². The molecule has 3 heterocycles. The fourth-order valence-electron chi connectivity index (χ4n) is 3.27. The van der Waals surface area contributed by atoms with E-state index in [0.717, 1.165) is 18.4 Å². The van der Waals surface area contributed by atoms with Crippen LogP contribution in [0.4, 0.5) is 4.79 Å². The lowest BCUT2D eigenvalue weighted by molar-refractivity contribution is -0.122. The van der Waals surface area contributed by atoms with Crippen molar-refractivity contribution in [3.05, 3.63) is 30.1 Å². The zero-order valence-electron chi connectivity index (χ0n) is 14.5. The number of carbonyl (C=O) groups is 2. The zero-order valence-corrected chi connectivity index (χ0v) is 14.5. The van der Waals surface area contributed by atoms with Crippen molar-refractivity contribution in [3.8, 4) is 0 Å². The van der Waals surface area contributed by atoms with Crippen LogP contribution in [0.1, 0.15) is 24.8 Å². The van der Waals surface area contributed by atoms with Crippen LogP contribution in [0.5, 0.6) is 0 Å². The van der Waals surface area contributed by atoms with E-state index in [2.05, 4.69) is 10.3 Å². The molecular formula is C18H26N4O3. The molecule has 2 saturated heterocycles. The number of aryl methyl sites for hydroxylation is 1. The number of piperidine rings is 1. The summed E-state index contributed by atoms with van der Waals surface area (Å²) in [4.78, 5) is 32.4. The Morgan fingerprint density at radius 2 is 1.88 bits per heavy atom. The minimum Gasteiger partial charge on any atom is -0.378 e. The molecule has 25 heavy (non-hydrogen) atoms. The van der Waals surface area contributed by atoms with Gasteiger partial charge < -0.3 is 19.9 Å². The molecule has 2 fully saturated rings. The number of urea groups is 1. The summed E-state index contributed by atoms with van der Waals surface area (Å²) in [5, 5.41) is 3.10. The predicted molar refractivity (Wildman–Crippen MR) is 93.1 cm³/mol. The third-order valence-electron chi connectivity index (χ3n) is 4.78. The van der Waals surface area contributed by atoms with Gasteiger partial charge in [0.15, 0.2) is 0 Å². The quantitative estimate of drug-likeness (QED) is 0.884. The molecule has 0 atom stereocenters. The first kappa shape index (κ1) is 17.7. The molecule has 2 aliphatic heterocycles. The van der Waals surface area contributed by atoms with Crippen LogP contribution in [0.3, 0.4) is 0 Å². The van der Waals surface area contributed by atoms with E-state index in [-0.39, 0.29) is 18.0 Å². The number of rotatable bonds is 4. The SMILES string of the molecule is O=C(CCc1cccnc1)NC1CCN(C(=O)N2CCOCC2)CC1. The third kappa shape index (κ3) is 5.16. The molecule has 0 unspecified atom stereocenters. The van der Waals surface area contributed by atoms with Gasteiger partial charge in [0.2, 0.25) is 5.91 Å². The number of likely N-dealkylation sites (tertiary alicyclic amines) is 1. The van der Waals surface area contributed by atoms with Crippen LogP contribution < -0.4 is 5.32 Å². The van der Waals surface area contributed by atoms with E-state index < -0.39 is 0 Å². The Bertz CT molecular complexity index is 567. The summed E-state index contributed by atoms with van der Waals surface area (Å²) in [6, 6.07) is 4.13. The molecule has 0 bridgehead atoms. The zero-order chi connectivity index (χ0) is 17.5. The van der Waals surface area contributed by atoms with Crippen LogP contribution in [0.2, 0.25) is 0 Å². The lowest BCUT2D eigenvalue weighted by Crippen LogP contribution is -2.52. The fraction of sp³-hybridized carbons (Fsp3) is 0.611. The summed E-state index contributed by atoms with van der Waals surface area (Å²) in [6.45, 7) is 3.98. The highest BCUT2D eigenvalue weighted by atomic mass is 16.5. The van der Waals surface area contributed by atoms with Crippen LogP contribution in [0, 0.1) is 0 Å². The number of ether oxygens (including phenoxy) is 1. The van der Waals surface area contributed by atoms with Gasteiger partial charge in [-0.2, -0.15) is 0 Å². The number of pyridine rings is 1. The van der Waals surface area contributed by atoms with Gasteiger partial charge in [0.1, 0.15) is 0 Å². The number of nitrogens with zero attached hydrogens (tertiary/aromatic N) is 3. The Kier molecular flexibility index (Phi) is 6.22. The second-order valence-electron chi connectivity index (χ2n) is 6.57. The molecule has 3 rings (SSSR count). The second kappa shape index (κ2) is 8.80. The van der Waals surface area contributed by atoms with E-state index in [4.69, 9.17) is 4.74 Å². The van der Waals surface area contributed by atoms with Crippen molar-refractivity contribution in [3.63, 3.8) is 0 Å². The smallest absolute Gasteiger partial charge is 0.320 e. The number of hydrogen-bond acceptors (Lipinski definition) is 4. The molecule has 7 heteroatoms. The molecule has 1 aromatic heterocycles. The van der Waals surface area contributed by atoms with Crippen molar-refractivity contribution in [2.75, 3.05) is 39.4 Å². The Hall–Kier alpha value is -2.15. The maximum atomic E-state index is 12.4. The van der Waals surface area contributed by atoms with Crippen LogP contribution in [0.15, 0.2) is 24.5 Å². The van der Waals surface area contributed by atoms with E-state index >= 15 is 0 Å². The van der Waals surface area contributed by atoms with Crippen molar-refractivity contribution in [1.29, 1.82) is 0 Å². The van der Waals surface area contributed by atoms with Gasteiger partial charge in [-0.15, -0.1) is 0 Å². The van der Waals surface area contributed by atoms with Crippen molar-refractivity contribution in [2.45, 2.75) is 31.7 Å². The van der Waals surface area contributed by atoms with Crippen molar-refractivity contribution < 1.29 is 14.3 Å². The standard InChI is InChI=1S/C18H26N4O3/c23-17(4-3-15-2-1-7-19-14-15)20-16-5-8-21(9-6-16)18(24)22-10-12-25-13-11-22/h1-2,7,14,16H,3-6,8-13H2,(H,20,23). The first-order valence-electron chi connectivity index (χ1n) is 9.02. The van der Waals surface area contributed by atoms with Crippen molar-refractivity contribution in [1.82, 2.24) is 20.1 Å². The molecule has 3 amide bonds. The molecule has 7 nitrogen and oxygen atoms in total. The van der Waals surface area contributed by atoms with Crippen molar-refractivity contribution >= 4 is 11.9 Å². The van der Waals surface area contributed by atoms with Gasteiger partial charge in [0, 0.05) is 51.0 Å². The van der Waals surface area contributed by atoms with E-state index in [9.17, 15) is 9.59 Å². The lowest BCUT2D eigenvalue weighted by Gasteiger charge is -2.37. The van der Waals surface area contributed by atoms with Gasteiger partial charge in [-0.05, 0) is 30.9 Å². The number of carbonyl (C=O) groups excluding carboxylic acids is 2. The molecule has 0 radical (unpaired) electrons. The maximum absolute atomic E-state index is 12.4. The van der Waals surface area contributed by atoms with Gasteiger partial charge in [0.25, 0.3) is 0 Å². The minimum atomic E-state index is 0.0711. The van der Waals surface area contributed by atoms with Gasteiger partial charge in [0.05, 0.1) is 13.2 Å². The molecular weight excluding hydrogens is 320 g/mol. The summed E-state index contributed by atoms with van der Waals surface area (Å²) in [6.07, 6.45) is 6.33. The Balaban J connectivity index is 1.37. The summed E-state index contributed by atoms with van der Waals surface area (Å²) in [7, 11) is 0. The minimum absolute atomic E-state index is 0.0711. The Morgan fingerprint density at radius 1 is 1.16 bits per heavy atom. The van der Waals surface area contributed by atoms with Gasteiger partial charge in [-0.3, -0.25) is 9.78 Å². The highest BCUT2D eigenvalue weighted by Crippen LogP contribution is 2.14. The summed E-state index contributed by atoms with van der Waals surface area (Å²) < 4.78 is 5.29. The number of morpholine rings is 1. The molecule has 136 valence electrons. The average Bonchev–Trinajstić information content (AvgIpc) is 2.68. The van der Waals surface area contributed by atoms with Crippen LogP contribution >= 0.6 is 0 Å². The molecule has 0 aromatic carbocycles. The topological polar surface area (TPSA) is 74.8 Å². The highest BCUT2D eigenvalue weighted by Gasteiger charge is 2.27. The van der Waals surface area contributed by atoms with Crippen LogP contribution in [-0.4, -0.2) is 72.2 Å². The molecule has 0 spiro atoms. The van der Waals surface area contributed by atoms with E-state index in [1.54, 1.807) is 12.4 Å². The Labute approximate surface area is 148 Å².